The lowest BCUT2D eigenvalue weighted by Gasteiger charge is -2.15. The Morgan fingerprint density at radius 2 is 2.35 bits per heavy atom. The molecule has 0 saturated carbocycles. The van der Waals surface area contributed by atoms with Gasteiger partial charge in [-0.2, -0.15) is 0 Å². The molecule has 5 nitrogen and oxygen atoms in total. The molecule has 1 aromatic carbocycles. The molecule has 0 fully saturated rings. The van der Waals surface area contributed by atoms with E-state index in [1.165, 1.54) is 0 Å². The second kappa shape index (κ2) is 6.72. The van der Waals surface area contributed by atoms with Crippen LogP contribution in [0.5, 0.6) is 0 Å². The van der Waals surface area contributed by atoms with Gasteiger partial charge in [0, 0.05) is 30.2 Å². The number of halogens is 1. The number of hydrogen-bond acceptors (Lipinski definition) is 4. The number of nitrogens with one attached hydrogen (secondary N) is 1. The zero-order valence-corrected chi connectivity index (χ0v) is 12.2. The first-order valence-corrected chi connectivity index (χ1v) is 6.76. The minimum atomic E-state index is -0.611. The SMILES string of the molecule is COC[C@H](C)NC(=O)[C@@H]1CC(c2ccccc2Cl)=NO1. The summed E-state index contributed by atoms with van der Waals surface area (Å²) in [5.41, 5.74) is 1.49. The van der Waals surface area contributed by atoms with Gasteiger partial charge in [0.05, 0.1) is 12.3 Å². The van der Waals surface area contributed by atoms with Crippen LogP contribution in [0.3, 0.4) is 0 Å². The smallest absolute Gasteiger partial charge is 0.264 e. The van der Waals surface area contributed by atoms with E-state index in [2.05, 4.69) is 10.5 Å². The van der Waals surface area contributed by atoms with Gasteiger partial charge in [-0.3, -0.25) is 4.79 Å². The summed E-state index contributed by atoms with van der Waals surface area (Å²) >= 11 is 6.10. The van der Waals surface area contributed by atoms with Crippen molar-refractivity contribution in [3.63, 3.8) is 0 Å². The van der Waals surface area contributed by atoms with E-state index < -0.39 is 6.10 Å². The van der Waals surface area contributed by atoms with Crippen LogP contribution in [0.2, 0.25) is 5.02 Å². The number of methoxy groups -OCH3 is 1. The van der Waals surface area contributed by atoms with Gasteiger partial charge in [-0.25, -0.2) is 0 Å². The highest BCUT2D eigenvalue weighted by atomic mass is 35.5. The van der Waals surface area contributed by atoms with Crippen molar-refractivity contribution in [1.29, 1.82) is 0 Å². The van der Waals surface area contributed by atoms with Crippen LogP contribution in [0.25, 0.3) is 0 Å². The van der Waals surface area contributed by atoms with E-state index in [1.54, 1.807) is 13.2 Å². The lowest BCUT2D eigenvalue weighted by molar-refractivity contribution is -0.132. The van der Waals surface area contributed by atoms with Gasteiger partial charge in [0.15, 0.2) is 0 Å². The van der Waals surface area contributed by atoms with Crippen molar-refractivity contribution in [2.24, 2.45) is 5.16 Å². The maximum absolute atomic E-state index is 12.0. The number of carbonyl (C=O) groups excluding carboxylic acids is 1. The van der Waals surface area contributed by atoms with E-state index in [9.17, 15) is 4.79 Å². The van der Waals surface area contributed by atoms with E-state index in [0.717, 1.165) is 5.56 Å². The number of rotatable bonds is 5. The minimum absolute atomic E-state index is 0.0690. The van der Waals surface area contributed by atoms with Gasteiger partial charge in [0.1, 0.15) is 0 Å². The van der Waals surface area contributed by atoms with Crippen LogP contribution >= 0.6 is 11.6 Å². The molecule has 1 aliphatic rings. The summed E-state index contributed by atoms with van der Waals surface area (Å²) in [6.45, 7) is 2.32. The van der Waals surface area contributed by atoms with Crippen molar-refractivity contribution in [3.8, 4) is 0 Å². The highest BCUT2D eigenvalue weighted by Crippen LogP contribution is 2.22. The first-order valence-electron chi connectivity index (χ1n) is 6.38. The average Bonchev–Trinajstić information content (AvgIpc) is 2.89. The summed E-state index contributed by atoms with van der Waals surface area (Å²) in [7, 11) is 1.59. The molecule has 1 aromatic rings. The molecule has 1 aliphatic heterocycles. The van der Waals surface area contributed by atoms with E-state index >= 15 is 0 Å². The Bertz CT molecular complexity index is 519. The van der Waals surface area contributed by atoms with Crippen molar-refractivity contribution in [1.82, 2.24) is 5.32 Å². The monoisotopic (exact) mass is 296 g/mol. The zero-order chi connectivity index (χ0) is 14.5. The Morgan fingerprint density at radius 3 is 3.05 bits per heavy atom. The van der Waals surface area contributed by atoms with Crippen LogP contribution in [0.15, 0.2) is 29.4 Å². The van der Waals surface area contributed by atoms with Crippen molar-refractivity contribution in [2.75, 3.05) is 13.7 Å². The van der Waals surface area contributed by atoms with Crippen molar-refractivity contribution < 1.29 is 14.4 Å². The Balaban J connectivity index is 1.95. The molecule has 0 bridgehead atoms. The predicted octanol–water partition coefficient (Wildman–Crippen LogP) is 1.98. The number of hydrogen-bond donors (Lipinski definition) is 1. The maximum atomic E-state index is 12.0. The van der Waals surface area contributed by atoms with Gasteiger partial charge >= 0.3 is 0 Å². The first kappa shape index (κ1) is 14.8. The van der Waals surface area contributed by atoms with Gasteiger partial charge in [-0.05, 0) is 13.0 Å². The minimum Gasteiger partial charge on any atom is -0.383 e. The van der Waals surface area contributed by atoms with Gasteiger partial charge in [0.2, 0.25) is 6.10 Å². The molecule has 0 radical (unpaired) electrons. The average molecular weight is 297 g/mol. The summed E-state index contributed by atoms with van der Waals surface area (Å²) in [6, 6.07) is 7.29. The summed E-state index contributed by atoms with van der Waals surface area (Å²) < 4.78 is 4.97. The topological polar surface area (TPSA) is 59.9 Å². The molecule has 0 aliphatic carbocycles. The van der Waals surface area contributed by atoms with Crippen LogP contribution in [0, 0.1) is 0 Å². The normalized spacial score (nSPS) is 19.1. The van der Waals surface area contributed by atoms with Gasteiger partial charge in [-0.15, -0.1) is 0 Å². The quantitative estimate of drug-likeness (QED) is 0.904. The van der Waals surface area contributed by atoms with Gasteiger partial charge < -0.3 is 14.9 Å². The molecule has 6 heteroatoms. The zero-order valence-electron chi connectivity index (χ0n) is 11.4. The summed E-state index contributed by atoms with van der Waals surface area (Å²) in [5.74, 6) is -0.194. The molecule has 2 atom stereocenters. The molecule has 1 amide bonds. The fourth-order valence-corrected chi connectivity index (χ4v) is 2.24. The Hall–Kier alpha value is -1.59. The molecule has 0 saturated heterocycles. The highest BCUT2D eigenvalue weighted by molar-refractivity contribution is 6.34. The molecule has 2 rings (SSSR count). The molecule has 0 unspecified atom stereocenters. The highest BCUT2D eigenvalue weighted by Gasteiger charge is 2.30. The number of ether oxygens (including phenoxy) is 1. The van der Waals surface area contributed by atoms with Crippen molar-refractivity contribution >= 4 is 23.2 Å². The largest absolute Gasteiger partial charge is 0.383 e. The lowest BCUT2D eigenvalue weighted by atomic mass is 10.0. The third-order valence-electron chi connectivity index (χ3n) is 2.95. The number of carbonyl (C=O) groups is 1. The Labute approximate surface area is 122 Å². The van der Waals surface area contributed by atoms with E-state index in [0.29, 0.717) is 23.8 Å². The van der Waals surface area contributed by atoms with Crippen LogP contribution in [0.4, 0.5) is 0 Å². The Morgan fingerprint density at radius 1 is 1.60 bits per heavy atom. The van der Waals surface area contributed by atoms with Crippen LogP contribution in [-0.2, 0) is 14.4 Å². The van der Waals surface area contributed by atoms with Crippen molar-refractivity contribution in [2.45, 2.75) is 25.5 Å². The maximum Gasteiger partial charge on any atom is 0.264 e. The van der Waals surface area contributed by atoms with Crippen LogP contribution in [0.1, 0.15) is 18.9 Å². The standard InChI is InChI=1S/C14H17ClN2O3/c1-9(8-19-2)16-14(18)13-7-12(17-20-13)10-5-3-4-6-11(10)15/h3-6,9,13H,7-8H2,1-2H3,(H,16,18)/t9-,13-/m0/s1. The molecule has 0 aromatic heterocycles. The second-order valence-electron chi connectivity index (χ2n) is 4.68. The molecule has 20 heavy (non-hydrogen) atoms. The fraction of sp³-hybridized carbons (Fsp3) is 0.429. The third kappa shape index (κ3) is 3.49. The molecule has 1 N–H and O–H groups in total. The van der Waals surface area contributed by atoms with Gasteiger partial charge in [-0.1, -0.05) is 35.0 Å². The van der Waals surface area contributed by atoms with Crippen LogP contribution < -0.4 is 5.32 Å². The number of nitrogens with zero attached hydrogens (tertiary/aromatic N) is 1. The summed E-state index contributed by atoms with van der Waals surface area (Å²) in [6.07, 6.45) is -0.199. The first-order chi connectivity index (χ1) is 9.61. The molecular weight excluding hydrogens is 280 g/mol. The second-order valence-corrected chi connectivity index (χ2v) is 5.09. The molecule has 1 heterocycles. The predicted molar refractivity (Wildman–Crippen MR) is 77.0 cm³/mol. The van der Waals surface area contributed by atoms with Gasteiger partial charge in [0.25, 0.3) is 5.91 Å². The number of amides is 1. The van der Waals surface area contributed by atoms with Crippen LogP contribution in [-0.4, -0.2) is 37.5 Å². The molecule has 0 spiro atoms. The Kier molecular flexibility index (Phi) is 4.98. The van der Waals surface area contributed by atoms with E-state index in [1.807, 2.05) is 25.1 Å². The summed E-state index contributed by atoms with van der Waals surface area (Å²) in [4.78, 5) is 17.2. The number of benzene rings is 1. The third-order valence-corrected chi connectivity index (χ3v) is 3.28. The van der Waals surface area contributed by atoms with E-state index in [-0.39, 0.29) is 11.9 Å². The van der Waals surface area contributed by atoms with Crippen molar-refractivity contribution in [3.05, 3.63) is 34.9 Å². The number of oxime groups is 1. The fourth-order valence-electron chi connectivity index (χ4n) is 2.00. The lowest BCUT2D eigenvalue weighted by Crippen LogP contribution is -2.42. The molecular formula is C14H17ClN2O3. The molecule has 108 valence electrons. The summed E-state index contributed by atoms with van der Waals surface area (Å²) in [5, 5.41) is 7.38. The van der Waals surface area contributed by atoms with E-state index in [4.69, 9.17) is 21.2 Å².